The minimum absolute atomic E-state index is 0.0905. The van der Waals surface area contributed by atoms with Crippen LogP contribution in [0.2, 0.25) is 0 Å². The van der Waals surface area contributed by atoms with Crippen LogP contribution in [0.15, 0.2) is 41.5 Å². The maximum absolute atomic E-state index is 11.6. The van der Waals surface area contributed by atoms with Gasteiger partial charge in [0, 0.05) is 19.4 Å². The van der Waals surface area contributed by atoms with Crippen molar-refractivity contribution >= 4 is 5.97 Å². The van der Waals surface area contributed by atoms with Crippen LogP contribution in [0.5, 0.6) is 0 Å². The van der Waals surface area contributed by atoms with Gasteiger partial charge in [-0.3, -0.25) is 4.57 Å². The number of hydrogen-bond donors (Lipinski definition) is 1. The maximum atomic E-state index is 11.6. The molecular weight excluding hydrogens is 220 g/mol. The zero-order valence-electron chi connectivity index (χ0n) is 9.33. The fourth-order valence-corrected chi connectivity index (χ4v) is 1.58. The fraction of sp³-hybridized carbons (Fsp3) is 0.167. The number of imidazole rings is 1. The topological polar surface area (TPSA) is 64.2 Å². The lowest BCUT2D eigenvalue weighted by molar-refractivity contribution is 0.0697. The number of carbonyl (C=O) groups is 1. The number of hydrogen-bond acceptors (Lipinski definition) is 2. The first-order valence-electron chi connectivity index (χ1n) is 5.12. The molecule has 0 atom stereocenters. The van der Waals surface area contributed by atoms with Gasteiger partial charge < -0.3 is 9.67 Å². The Kier molecular flexibility index (Phi) is 2.82. The highest BCUT2D eigenvalue weighted by atomic mass is 16.4. The predicted octanol–water partition coefficient (Wildman–Crippen LogP) is 0.933. The molecule has 1 heterocycles. The third kappa shape index (κ3) is 2.28. The second-order valence-corrected chi connectivity index (χ2v) is 3.82. The van der Waals surface area contributed by atoms with Crippen LogP contribution < -0.4 is 5.69 Å². The molecule has 1 aromatic heterocycles. The molecule has 1 N–H and O–H groups in total. The van der Waals surface area contributed by atoms with Gasteiger partial charge in [0.05, 0.1) is 12.1 Å². The van der Waals surface area contributed by atoms with Crippen molar-refractivity contribution in [2.24, 2.45) is 7.05 Å². The molecule has 88 valence electrons. The first kappa shape index (κ1) is 11.2. The largest absolute Gasteiger partial charge is 0.478 e. The molecule has 0 unspecified atom stereocenters. The van der Waals surface area contributed by atoms with E-state index in [1.807, 2.05) is 0 Å². The molecule has 5 nitrogen and oxygen atoms in total. The van der Waals surface area contributed by atoms with Gasteiger partial charge in [-0.2, -0.15) is 0 Å². The van der Waals surface area contributed by atoms with Crippen LogP contribution in [0, 0.1) is 0 Å². The first-order valence-corrected chi connectivity index (χ1v) is 5.12. The molecule has 0 aliphatic carbocycles. The Morgan fingerprint density at radius 2 is 1.88 bits per heavy atom. The molecule has 0 fully saturated rings. The number of aromatic carboxylic acids is 1. The van der Waals surface area contributed by atoms with E-state index < -0.39 is 5.97 Å². The second kappa shape index (κ2) is 4.29. The molecule has 2 aromatic rings. The average Bonchev–Trinajstić information content (AvgIpc) is 2.62. The predicted molar refractivity (Wildman–Crippen MR) is 62.2 cm³/mol. The van der Waals surface area contributed by atoms with Gasteiger partial charge in [0.2, 0.25) is 0 Å². The summed E-state index contributed by atoms with van der Waals surface area (Å²) in [6.45, 7) is 0.444. The van der Waals surface area contributed by atoms with E-state index in [4.69, 9.17) is 5.11 Å². The summed E-state index contributed by atoms with van der Waals surface area (Å²) in [6, 6.07) is 6.49. The van der Waals surface area contributed by atoms with E-state index in [0.717, 1.165) is 5.56 Å². The Hall–Kier alpha value is -2.30. The lowest BCUT2D eigenvalue weighted by atomic mass is 10.1. The Balaban J connectivity index is 2.22. The molecule has 0 bridgehead atoms. The molecule has 2 rings (SSSR count). The highest BCUT2D eigenvalue weighted by Gasteiger charge is 2.04. The normalized spacial score (nSPS) is 10.4. The van der Waals surface area contributed by atoms with Crippen LogP contribution >= 0.6 is 0 Å². The molecule has 1 aromatic carbocycles. The van der Waals surface area contributed by atoms with Crippen molar-refractivity contribution in [1.82, 2.24) is 9.13 Å². The summed E-state index contributed by atoms with van der Waals surface area (Å²) in [5.74, 6) is -0.951. The van der Waals surface area contributed by atoms with Crippen molar-refractivity contribution in [3.05, 3.63) is 58.3 Å². The summed E-state index contributed by atoms with van der Waals surface area (Å²) in [5, 5.41) is 8.75. The summed E-state index contributed by atoms with van der Waals surface area (Å²) >= 11 is 0. The van der Waals surface area contributed by atoms with Gasteiger partial charge in [-0.05, 0) is 17.7 Å². The number of carboxylic acids is 1. The summed E-state index contributed by atoms with van der Waals surface area (Å²) < 4.78 is 3.06. The van der Waals surface area contributed by atoms with E-state index in [0.29, 0.717) is 6.54 Å². The van der Waals surface area contributed by atoms with Gasteiger partial charge in [-0.1, -0.05) is 12.1 Å². The zero-order valence-corrected chi connectivity index (χ0v) is 9.33. The van der Waals surface area contributed by atoms with E-state index in [-0.39, 0.29) is 11.3 Å². The van der Waals surface area contributed by atoms with Crippen LogP contribution in [0.3, 0.4) is 0 Å². The maximum Gasteiger partial charge on any atom is 0.335 e. The lowest BCUT2D eigenvalue weighted by Gasteiger charge is -2.02. The third-order valence-electron chi connectivity index (χ3n) is 2.57. The Morgan fingerprint density at radius 1 is 1.24 bits per heavy atom. The SMILES string of the molecule is Cn1ccn(Cc2ccc(C(=O)O)cc2)c1=O. The number of aromatic nitrogens is 2. The molecule has 0 saturated heterocycles. The molecule has 0 saturated carbocycles. The fourth-order valence-electron chi connectivity index (χ4n) is 1.58. The highest BCUT2D eigenvalue weighted by molar-refractivity contribution is 5.87. The van der Waals surface area contributed by atoms with E-state index in [2.05, 4.69) is 0 Å². The van der Waals surface area contributed by atoms with Crippen LogP contribution in [-0.2, 0) is 13.6 Å². The minimum Gasteiger partial charge on any atom is -0.478 e. The molecule has 0 amide bonds. The van der Waals surface area contributed by atoms with Crippen LogP contribution in [-0.4, -0.2) is 20.2 Å². The average molecular weight is 232 g/mol. The quantitative estimate of drug-likeness (QED) is 0.856. The summed E-state index contributed by atoms with van der Waals surface area (Å²) in [4.78, 5) is 22.2. The lowest BCUT2D eigenvalue weighted by Crippen LogP contribution is -2.22. The van der Waals surface area contributed by atoms with Crippen molar-refractivity contribution in [1.29, 1.82) is 0 Å². The number of nitrogens with zero attached hydrogens (tertiary/aromatic N) is 2. The van der Waals surface area contributed by atoms with Crippen LogP contribution in [0.1, 0.15) is 15.9 Å². The number of aryl methyl sites for hydroxylation is 1. The minimum atomic E-state index is -0.951. The Labute approximate surface area is 97.5 Å². The Morgan fingerprint density at radius 3 is 2.35 bits per heavy atom. The van der Waals surface area contributed by atoms with Crippen molar-refractivity contribution in [3.8, 4) is 0 Å². The number of rotatable bonds is 3. The van der Waals surface area contributed by atoms with Gasteiger partial charge in [0.15, 0.2) is 0 Å². The van der Waals surface area contributed by atoms with Gasteiger partial charge >= 0.3 is 11.7 Å². The molecule has 0 aliphatic rings. The monoisotopic (exact) mass is 232 g/mol. The molecule has 0 radical (unpaired) electrons. The van der Waals surface area contributed by atoms with Gasteiger partial charge in [0.1, 0.15) is 0 Å². The van der Waals surface area contributed by atoms with Crippen LogP contribution in [0.4, 0.5) is 0 Å². The third-order valence-corrected chi connectivity index (χ3v) is 2.57. The molecule has 17 heavy (non-hydrogen) atoms. The van der Waals surface area contributed by atoms with E-state index in [1.165, 1.54) is 16.7 Å². The zero-order chi connectivity index (χ0) is 12.4. The molecule has 5 heteroatoms. The van der Waals surface area contributed by atoms with Gasteiger partial charge in [0.25, 0.3) is 0 Å². The van der Waals surface area contributed by atoms with Crippen molar-refractivity contribution in [3.63, 3.8) is 0 Å². The number of carboxylic acid groups (broad SMARTS) is 1. The first-order chi connectivity index (χ1) is 8.08. The molecule has 0 spiro atoms. The smallest absolute Gasteiger partial charge is 0.335 e. The van der Waals surface area contributed by atoms with Crippen molar-refractivity contribution < 1.29 is 9.90 Å². The van der Waals surface area contributed by atoms with Crippen molar-refractivity contribution in [2.75, 3.05) is 0 Å². The molecule has 0 aliphatic heterocycles. The summed E-state index contributed by atoms with van der Waals surface area (Å²) in [7, 11) is 1.69. The van der Waals surface area contributed by atoms with E-state index in [9.17, 15) is 9.59 Å². The molecular formula is C12H12N2O3. The summed E-state index contributed by atoms with van der Waals surface area (Å²) in [5.41, 5.74) is 1.05. The van der Waals surface area contributed by atoms with Crippen molar-refractivity contribution in [2.45, 2.75) is 6.54 Å². The second-order valence-electron chi connectivity index (χ2n) is 3.82. The van der Waals surface area contributed by atoms with Crippen LogP contribution in [0.25, 0.3) is 0 Å². The Bertz CT molecular complexity index is 593. The highest BCUT2D eigenvalue weighted by Crippen LogP contribution is 2.05. The number of benzene rings is 1. The van der Waals surface area contributed by atoms with E-state index >= 15 is 0 Å². The van der Waals surface area contributed by atoms with Gasteiger partial charge in [-0.15, -0.1) is 0 Å². The standard InChI is InChI=1S/C12H12N2O3/c1-13-6-7-14(12(13)17)8-9-2-4-10(5-3-9)11(15)16/h2-7H,8H2,1H3,(H,15,16). The van der Waals surface area contributed by atoms with E-state index in [1.54, 1.807) is 36.1 Å². The van der Waals surface area contributed by atoms with Gasteiger partial charge in [-0.25, -0.2) is 9.59 Å². The summed E-state index contributed by atoms with van der Waals surface area (Å²) in [6.07, 6.45) is 3.39.